The summed E-state index contributed by atoms with van der Waals surface area (Å²) in [7, 11) is 0. The fourth-order valence-electron chi connectivity index (χ4n) is 1.09. The number of nitrogens with zero attached hydrogens (tertiary/aromatic N) is 1. The molecule has 1 aromatic rings. The van der Waals surface area contributed by atoms with Crippen molar-refractivity contribution in [3.8, 4) is 0 Å². The fraction of sp³-hybridized carbons (Fsp3) is 0.200. The standard InChI is InChI=1S/C10H13N3O3/c1-2-16-10(15)13(12-9(11)14)8-6-4-3-5-7-8/h3-7H,2H2,1H3,(H3,11,12,14). The van der Waals surface area contributed by atoms with Gasteiger partial charge in [-0.25, -0.2) is 15.0 Å². The Morgan fingerprint density at radius 1 is 1.38 bits per heavy atom. The summed E-state index contributed by atoms with van der Waals surface area (Å²) >= 11 is 0. The highest BCUT2D eigenvalue weighted by Crippen LogP contribution is 2.11. The Labute approximate surface area is 92.9 Å². The van der Waals surface area contributed by atoms with Crippen molar-refractivity contribution < 1.29 is 14.3 Å². The minimum Gasteiger partial charge on any atom is -0.448 e. The number of carbonyl (C=O) groups is 2. The normalized spacial score (nSPS) is 9.31. The van der Waals surface area contributed by atoms with Crippen LogP contribution in [0, 0.1) is 0 Å². The third-order valence-electron chi connectivity index (χ3n) is 1.69. The van der Waals surface area contributed by atoms with Gasteiger partial charge in [-0.05, 0) is 19.1 Å². The van der Waals surface area contributed by atoms with E-state index in [0.717, 1.165) is 5.01 Å². The zero-order valence-corrected chi connectivity index (χ0v) is 8.84. The van der Waals surface area contributed by atoms with E-state index in [1.807, 2.05) is 0 Å². The number of rotatable bonds is 2. The van der Waals surface area contributed by atoms with E-state index in [1.54, 1.807) is 37.3 Å². The molecular weight excluding hydrogens is 210 g/mol. The van der Waals surface area contributed by atoms with Crippen LogP contribution in [-0.2, 0) is 4.74 Å². The molecular formula is C10H13N3O3. The highest BCUT2D eigenvalue weighted by atomic mass is 16.6. The molecule has 0 aliphatic rings. The highest BCUT2D eigenvalue weighted by molar-refractivity contribution is 5.91. The predicted molar refractivity (Wildman–Crippen MR) is 58.7 cm³/mol. The van der Waals surface area contributed by atoms with Gasteiger partial charge in [0.25, 0.3) is 0 Å². The first-order valence-electron chi connectivity index (χ1n) is 4.73. The Balaban J connectivity index is 2.87. The number of anilines is 1. The molecule has 16 heavy (non-hydrogen) atoms. The summed E-state index contributed by atoms with van der Waals surface area (Å²) in [5.41, 5.74) is 7.62. The average molecular weight is 223 g/mol. The molecule has 0 atom stereocenters. The lowest BCUT2D eigenvalue weighted by Crippen LogP contribution is -2.49. The number of amides is 3. The summed E-state index contributed by atoms with van der Waals surface area (Å²) in [6, 6.07) is 7.70. The van der Waals surface area contributed by atoms with E-state index >= 15 is 0 Å². The number of hydrogen-bond acceptors (Lipinski definition) is 3. The maximum Gasteiger partial charge on any atom is 0.433 e. The third kappa shape index (κ3) is 3.16. The van der Waals surface area contributed by atoms with Crippen LogP contribution in [0.25, 0.3) is 0 Å². The number of benzene rings is 1. The van der Waals surface area contributed by atoms with Gasteiger partial charge >= 0.3 is 12.1 Å². The molecule has 1 rings (SSSR count). The first-order chi connectivity index (χ1) is 7.65. The zero-order valence-electron chi connectivity index (χ0n) is 8.84. The van der Waals surface area contributed by atoms with Crippen LogP contribution in [0.3, 0.4) is 0 Å². The third-order valence-corrected chi connectivity index (χ3v) is 1.69. The first-order valence-corrected chi connectivity index (χ1v) is 4.73. The summed E-state index contributed by atoms with van der Waals surface area (Å²) < 4.78 is 4.78. The topological polar surface area (TPSA) is 84.7 Å². The van der Waals surface area contributed by atoms with Gasteiger partial charge in [-0.3, -0.25) is 0 Å². The van der Waals surface area contributed by atoms with E-state index in [2.05, 4.69) is 5.43 Å². The van der Waals surface area contributed by atoms with Gasteiger partial charge in [-0.2, -0.15) is 5.01 Å². The molecule has 0 bridgehead atoms. The van der Waals surface area contributed by atoms with Gasteiger partial charge in [-0.1, -0.05) is 18.2 Å². The Morgan fingerprint density at radius 3 is 2.50 bits per heavy atom. The molecule has 0 aromatic heterocycles. The highest BCUT2D eigenvalue weighted by Gasteiger charge is 2.17. The monoisotopic (exact) mass is 223 g/mol. The number of primary amides is 1. The largest absolute Gasteiger partial charge is 0.448 e. The van der Waals surface area contributed by atoms with E-state index in [-0.39, 0.29) is 6.61 Å². The zero-order chi connectivity index (χ0) is 12.0. The van der Waals surface area contributed by atoms with Gasteiger partial charge in [0.1, 0.15) is 0 Å². The molecule has 3 amide bonds. The van der Waals surface area contributed by atoms with Crippen LogP contribution in [0.1, 0.15) is 6.92 Å². The average Bonchev–Trinajstić information content (AvgIpc) is 2.27. The van der Waals surface area contributed by atoms with E-state index < -0.39 is 12.1 Å². The van der Waals surface area contributed by atoms with Gasteiger partial charge in [-0.15, -0.1) is 0 Å². The smallest absolute Gasteiger partial charge is 0.433 e. The molecule has 0 spiro atoms. The summed E-state index contributed by atoms with van der Waals surface area (Å²) in [4.78, 5) is 22.3. The maximum atomic E-state index is 11.5. The molecule has 86 valence electrons. The van der Waals surface area contributed by atoms with Crippen LogP contribution in [0.4, 0.5) is 15.3 Å². The summed E-state index contributed by atoms with van der Waals surface area (Å²) in [5.74, 6) is 0. The van der Waals surface area contributed by atoms with Crippen molar-refractivity contribution in [3.63, 3.8) is 0 Å². The number of ether oxygens (including phenoxy) is 1. The number of nitrogens with one attached hydrogen (secondary N) is 1. The van der Waals surface area contributed by atoms with Crippen molar-refractivity contribution in [1.82, 2.24) is 5.43 Å². The number of carbonyl (C=O) groups excluding carboxylic acids is 2. The molecule has 0 saturated heterocycles. The molecule has 0 aliphatic heterocycles. The number of urea groups is 1. The lowest BCUT2D eigenvalue weighted by molar-refractivity contribution is 0.156. The first kappa shape index (κ1) is 11.8. The van der Waals surface area contributed by atoms with Gasteiger partial charge in [0, 0.05) is 0 Å². The van der Waals surface area contributed by atoms with Crippen LogP contribution in [0.2, 0.25) is 0 Å². The van der Waals surface area contributed by atoms with Crippen molar-refractivity contribution in [2.24, 2.45) is 5.73 Å². The molecule has 6 nitrogen and oxygen atoms in total. The van der Waals surface area contributed by atoms with Crippen molar-refractivity contribution in [2.45, 2.75) is 6.92 Å². The number of para-hydroxylation sites is 1. The Morgan fingerprint density at radius 2 is 2.00 bits per heavy atom. The lowest BCUT2D eigenvalue weighted by atomic mass is 10.3. The lowest BCUT2D eigenvalue weighted by Gasteiger charge is -2.20. The van der Waals surface area contributed by atoms with E-state index in [1.165, 1.54) is 0 Å². The van der Waals surface area contributed by atoms with Crippen molar-refractivity contribution in [3.05, 3.63) is 30.3 Å². The summed E-state index contributed by atoms with van der Waals surface area (Å²) in [6.45, 7) is 1.88. The van der Waals surface area contributed by atoms with Crippen LogP contribution in [0.15, 0.2) is 30.3 Å². The second kappa shape index (κ2) is 5.59. The van der Waals surface area contributed by atoms with Gasteiger partial charge in [0.15, 0.2) is 0 Å². The summed E-state index contributed by atoms with van der Waals surface area (Å²) in [6.07, 6.45) is -0.687. The Kier molecular flexibility index (Phi) is 4.14. The van der Waals surface area contributed by atoms with Gasteiger partial charge in [0.05, 0.1) is 12.3 Å². The van der Waals surface area contributed by atoms with Gasteiger partial charge < -0.3 is 10.5 Å². The van der Waals surface area contributed by atoms with Gasteiger partial charge in [0.2, 0.25) is 0 Å². The second-order valence-electron chi connectivity index (χ2n) is 2.85. The maximum absolute atomic E-state index is 11.5. The van der Waals surface area contributed by atoms with Crippen molar-refractivity contribution >= 4 is 17.8 Å². The minimum atomic E-state index is -0.836. The van der Waals surface area contributed by atoms with Crippen molar-refractivity contribution in [1.29, 1.82) is 0 Å². The molecule has 3 N–H and O–H groups in total. The Hall–Kier alpha value is -2.24. The minimum absolute atomic E-state index is 0.211. The molecule has 1 aromatic carbocycles. The Bertz CT molecular complexity index is 367. The number of hydrazine groups is 1. The molecule has 0 unspecified atom stereocenters. The van der Waals surface area contributed by atoms with E-state index in [4.69, 9.17) is 10.5 Å². The molecule has 0 heterocycles. The fourth-order valence-corrected chi connectivity index (χ4v) is 1.09. The van der Waals surface area contributed by atoms with Crippen LogP contribution in [-0.4, -0.2) is 18.7 Å². The van der Waals surface area contributed by atoms with E-state index in [0.29, 0.717) is 5.69 Å². The van der Waals surface area contributed by atoms with Crippen LogP contribution >= 0.6 is 0 Å². The molecule has 6 heteroatoms. The number of hydrogen-bond donors (Lipinski definition) is 2. The quantitative estimate of drug-likeness (QED) is 0.739. The number of nitrogens with two attached hydrogens (primary N) is 1. The van der Waals surface area contributed by atoms with E-state index in [9.17, 15) is 9.59 Å². The molecule has 0 saturated carbocycles. The van der Waals surface area contributed by atoms with Crippen molar-refractivity contribution in [2.75, 3.05) is 11.6 Å². The second-order valence-corrected chi connectivity index (χ2v) is 2.85. The molecule has 0 aliphatic carbocycles. The predicted octanol–water partition coefficient (Wildman–Crippen LogP) is 1.23. The molecule has 0 radical (unpaired) electrons. The SMILES string of the molecule is CCOC(=O)N(NC(N)=O)c1ccccc1. The van der Waals surface area contributed by atoms with Crippen LogP contribution in [0.5, 0.6) is 0 Å². The summed E-state index contributed by atoms with van der Waals surface area (Å²) in [5, 5.41) is 0.950. The van der Waals surface area contributed by atoms with Crippen LogP contribution < -0.4 is 16.2 Å². The molecule has 0 fully saturated rings.